The zero-order chi connectivity index (χ0) is 11.5. The van der Waals surface area contributed by atoms with Crippen LogP contribution in [0.25, 0.3) is 0 Å². The van der Waals surface area contributed by atoms with Gasteiger partial charge in [-0.15, -0.1) is 0 Å². The summed E-state index contributed by atoms with van der Waals surface area (Å²) in [6.45, 7) is 3.40. The Morgan fingerprint density at radius 1 is 1.20 bits per heavy atom. The van der Waals surface area contributed by atoms with Crippen LogP contribution in [-0.4, -0.2) is 11.1 Å². The molecule has 0 aliphatic heterocycles. The van der Waals surface area contributed by atoms with Gasteiger partial charge in [0.2, 0.25) is 0 Å². The molecule has 0 aliphatic rings. The summed E-state index contributed by atoms with van der Waals surface area (Å²) in [5, 5.41) is 8.49. The molecule has 0 aromatic heterocycles. The number of hydrogen-bond acceptors (Lipinski definition) is 1. The lowest BCUT2D eigenvalue weighted by Gasteiger charge is -1.84. The highest BCUT2D eigenvalue weighted by atomic mass is 16.4. The molecule has 0 bridgehead atoms. The van der Waals surface area contributed by atoms with E-state index in [9.17, 15) is 4.79 Å². The molecule has 0 aliphatic carbocycles. The van der Waals surface area contributed by atoms with Crippen LogP contribution < -0.4 is 0 Å². The zero-order valence-corrected chi connectivity index (χ0v) is 8.74. The first-order chi connectivity index (χ1) is 7.18. The first-order valence-electron chi connectivity index (χ1n) is 4.37. The average molecular weight is 200 g/mol. The van der Waals surface area contributed by atoms with E-state index < -0.39 is 5.97 Å². The summed E-state index contributed by atoms with van der Waals surface area (Å²) in [5.74, 6) is 9.35. The standard InChI is InChI=1S/C13H12O2/c1-3-4-5-6-7-8-9-10-11-12(2)13(14)15/h3-6,11H,1-2H3,(H,14,15)/b4-3?,6-5?,12-11-. The van der Waals surface area contributed by atoms with Crippen LogP contribution in [0.2, 0.25) is 0 Å². The molecule has 0 rings (SSSR count). The minimum absolute atomic E-state index is 0.203. The Labute approximate surface area is 90.0 Å². The minimum Gasteiger partial charge on any atom is -0.478 e. The molecule has 0 radical (unpaired) electrons. The molecule has 0 unspecified atom stereocenters. The summed E-state index contributed by atoms with van der Waals surface area (Å²) in [4.78, 5) is 10.3. The number of carboxylic acids is 1. The van der Waals surface area contributed by atoms with Gasteiger partial charge >= 0.3 is 5.97 Å². The molecule has 0 fully saturated rings. The van der Waals surface area contributed by atoms with Gasteiger partial charge in [0.05, 0.1) is 0 Å². The van der Waals surface area contributed by atoms with Crippen LogP contribution in [0.3, 0.4) is 0 Å². The summed E-state index contributed by atoms with van der Waals surface area (Å²) >= 11 is 0. The van der Waals surface area contributed by atoms with Crippen molar-refractivity contribution in [3.8, 4) is 23.7 Å². The third-order valence-corrected chi connectivity index (χ3v) is 1.32. The van der Waals surface area contributed by atoms with Gasteiger partial charge in [-0.1, -0.05) is 30.1 Å². The van der Waals surface area contributed by atoms with Crippen molar-refractivity contribution in [2.75, 3.05) is 0 Å². The van der Waals surface area contributed by atoms with Crippen molar-refractivity contribution in [2.45, 2.75) is 13.8 Å². The SMILES string of the molecule is CC=CC=CC#CC#C/C=C(/C)C(=O)O. The lowest BCUT2D eigenvalue weighted by molar-refractivity contribution is -0.132. The molecular weight excluding hydrogens is 188 g/mol. The van der Waals surface area contributed by atoms with E-state index in [0.29, 0.717) is 0 Å². The first-order valence-corrected chi connectivity index (χ1v) is 4.37. The lowest BCUT2D eigenvalue weighted by Crippen LogP contribution is -1.94. The number of aliphatic carboxylic acids is 1. The molecule has 76 valence electrons. The number of hydrogen-bond donors (Lipinski definition) is 1. The van der Waals surface area contributed by atoms with Crippen LogP contribution in [0.15, 0.2) is 36.0 Å². The highest BCUT2D eigenvalue weighted by Crippen LogP contribution is 1.88. The fourth-order valence-corrected chi connectivity index (χ4v) is 0.535. The van der Waals surface area contributed by atoms with Gasteiger partial charge in [-0.3, -0.25) is 0 Å². The fourth-order valence-electron chi connectivity index (χ4n) is 0.535. The molecule has 2 nitrogen and oxygen atoms in total. The van der Waals surface area contributed by atoms with Crippen LogP contribution in [0.5, 0.6) is 0 Å². The van der Waals surface area contributed by atoms with Gasteiger partial charge < -0.3 is 5.11 Å². The van der Waals surface area contributed by atoms with Gasteiger partial charge in [0, 0.05) is 5.57 Å². The monoisotopic (exact) mass is 200 g/mol. The summed E-state index contributed by atoms with van der Waals surface area (Å²) < 4.78 is 0. The van der Waals surface area contributed by atoms with Gasteiger partial charge in [0.15, 0.2) is 0 Å². The van der Waals surface area contributed by atoms with Gasteiger partial charge in [-0.05, 0) is 37.8 Å². The topological polar surface area (TPSA) is 37.3 Å². The molecule has 1 N–H and O–H groups in total. The quantitative estimate of drug-likeness (QED) is 0.421. The Morgan fingerprint density at radius 3 is 2.47 bits per heavy atom. The number of allylic oxidation sites excluding steroid dienone is 5. The summed E-state index contributed by atoms with van der Waals surface area (Å²) in [6, 6.07) is 0. The molecule has 0 spiro atoms. The second-order valence-electron chi connectivity index (χ2n) is 2.56. The Balaban J connectivity index is 4.22. The summed E-state index contributed by atoms with van der Waals surface area (Å²) in [7, 11) is 0. The van der Waals surface area contributed by atoms with E-state index >= 15 is 0 Å². The van der Waals surface area contributed by atoms with Crippen molar-refractivity contribution in [1.82, 2.24) is 0 Å². The number of carboxylic acid groups (broad SMARTS) is 1. The highest BCUT2D eigenvalue weighted by Gasteiger charge is 1.95. The molecule has 0 saturated carbocycles. The van der Waals surface area contributed by atoms with Gasteiger partial charge in [0.1, 0.15) is 0 Å². The van der Waals surface area contributed by atoms with Crippen LogP contribution in [0.4, 0.5) is 0 Å². The second kappa shape index (κ2) is 8.41. The fraction of sp³-hybridized carbons (Fsp3) is 0.154. The number of rotatable bonds is 2. The average Bonchev–Trinajstić information content (AvgIpc) is 2.21. The maximum absolute atomic E-state index is 10.3. The van der Waals surface area contributed by atoms with Crippen molar-refractivity contribution >= 4 is 5.97 Å². The molecular formula is C13H12O2. The van der Waals surface area contributed by atoms with Gasteiger partial charge in [-0.2, -0.15) is 0 Å². The third kappa shape index (κ3) is 8.15. The molecule has 0 heterocycles. The van der Waals surface area contributed by atoms with Crippen molar-refractivity contribution in [1.29, 1.82) is 0 Å². The van der Waals surface area contributed by atoms with Crippen LogP contribution in [0, 0.1) is 23.7 Å². The van der Waals surface area contributed by atoms with Crippen molar-refractivity contribution in [3.63, 3.8) is 0 Å². The molecule has 2 heteroatoms. The molecule has 0 aromatic carbocycles. The maximum atomic E-state index is 10.3. The molecule has 0 aromatic rings. The summed E-state index contributed by atoms with van der Waals surface area (Å²) in [5.41, 5.74) is 0.203. The van der Waals surface area contributed by atoms with Crippen LogP contribution in [-0.2, 0) is 4.79 Å². The predicted molar refractivity (Wildman–Crippen MR) is 60.9 cm³/mol. The van der Waals surface area contributed by atoms with E-state index in [2.05, 4.69) is 23.7 Å². The zero-order valence-electron chi connectivity index (χ0n) is 8.74. The van der Waals surface area contributed by atoms with Crippen LogP contribution >= 0.6 is 0 Å². The minimum atomic E-state index is -0.967. The molecule has 0 atom stereocenters. The van der Waals surface area contributed by atoms with E-state index in [1.54, 1.807) is 12.2 Å². The second-order valence-corrected chi connectivity index (χ2v) is 2.56. The van der Waals surface area contributed by atoms with Crippen molar-refractivity contribution < 1.29 is 9.90 Å². The van der Waals surface area contributed by atoms with Crippen molar-refractivity contribution in [3.05, 3.63) is 36.0 Å². The first kappa shape index (κ1) is 12.8. The van der Waals surface area contributed by atoms with Gasteiger partial charge in [-0.25, -0.2) is 4.79 Å². The van der Waals surface area contributed by atoms with E-state index in [-0.39, 0.29) is 5.57 Å². The highest BCUT2D eigenvalue weighted by molar-refractivity contribution is 5.86. The maximum Gasteiger partial charge on any atom is 0.331 e. The summed E-state index contributed by atoms with van der Waals surface area (Å²) in [6.07, 6.45) is 8.54. The Morgan fingerprint density at radius 2 is 1.87 bits per heavy atom. The molecule has 0 amide bonds. The smallest absolute Gasteiger partial charge is 0.331 e. The van der Waals surface area contributed by atoms with E-state index in [0.717, 1.165) is 0 Å². The molecule has 15 heavy (non-hydrogen) atoms. The Kier molecular flexibility index (Phi) is 7.18. The lowest BCUT2D eigenvalue weighted by atomic mass is 10.3. The molecule has 0 saturated heterocycles. The largest absolute Gasteiger partial charge is 0.478 e. The van der Waals surface area contributed by atoms with Crippen molar-refractivity contribution in [2.24, 2.45) is 0 Å². The Hall–Kier alpha value is -2.19. The predicted octanol–water partition coefficient (Wildman–Crippen LogP) is 2.16. The third-order valence-electron chi connectivity index (χ3n) is 1.32. The van der Waals surface area contributed by atoms with E-state index in [4.69, 9.17) is 5.11 Å². The van der Waals surface area contributed by atoms with E-state index in [1.807, 2.05) is 19.1 Å². The van der Waals surface area contributed by atoms with Gasteiger partial charge in [0.25, 0.3) is 0 Å². The van der Waals surface area contributed by atoms with Crippen LogP contribution in [0.1, 0.15) is 13.8 Å². The van der Waals surface area contributed by atoms with E-state index in [1.165, 1.54) is 13.0 Å². The Bertz CT molecular complexity index is 415. The number of carbonyl (C=O) groups is 1. The normalized spacial score (nSPS) is 10.7.